The molecule has 0 nitrogen and oxygen atoms in total. The van der Waals surface area contributed by atoms with Gasteiger partial charge in [0.25, 0.3) is 0 Å². The van der Waals surface area contributed by atoms with E-state index in [0.717, 1.165) is 20.4 Å². The number of thiophene rings is 1. The first-order valence-corrected chi connectivity index (χ1v) is 12.2. The Bertz CT molecular complexity index is 921. The summed E-state index contributed by atoms with van der Waals surface area (Å²) in [5.74, 6) is 0. The number of hydrogen-bond donors (Lipinski definition) is 0. The lowest BCUT2D eigenvalue weighted by Gasteiger charge is -2.27. The van der Waals surface area contributed by atoms with E-state index in [0.29, 0.717) is 0 Å². The van der Waals surface area contributed by atoms with Crippen molar-refractivity contribution < 1.29 is 12.4 Å². The minimum atomic E-state index is -1.93. The SMILES string of the molecule is Clc1cc(C[P+](c2ccccc2)(c2ccccc2)c2ccccc2)c(Cl)s1.[Cl-]. The summed E-state index contributed by atoms with van der Waals surface area (Å²) in [6.07, 6.45) is 0.854. The van der Waals surface area contributed by atoms with Crippen LogP contribution in [0.25, 0.3) is 0 Å². The predicted octanol–water partition coefficient (Wildman–Crippen LogP) is 3.55. The van der Waals surface area contributed by atoms with Gasteiger partial charge in [0, 0.05) is 5.56 Å². The van der Waals surface area contributed by atoms with Crippen LogP contribution in [0.3, 0.4) is 0 Å². The summed E-state index contributed by atoms with van der Waals surface area (Å²) in [5.41, 5.74) is 1.12. The van der Waals surface area contributed by atoms with Gasteiger partial charge < -0.3 is 12.4 Å². The molecule has 28 heavy (non-hydrogen) atoms. The molecule has 0 unspecified atom stereocenters. The van der Waals surface area contributed by atoms with Crippen molar-refractivity contribution >= 4 is 57.7 Å². The highest BCUT2D eigenvalue weighted by atomic mass is 35.5. The van der Waals surface area contributed by atoms with Crippen LogP contribution in [0.1, 0.15) is 5.56 Å². The molecule has 1 aromatic heterocycles. The summed E-state index contributed by atoms with van der Waals surface area (Å²) in [6.45, 7) is 0. The first-order chi connectivity index (χ1) is 13.2. The Morgan fingerprint density at radius 3 is 1.36 bits per heavy atom. The molecule has 3 aromatic carbocycles. The molecule has 0 saturated carbocycles. The normalized spacial score (nSPS) is 11.1. The Labute approximate surface area is 186 Å². The fourth-order valence-electron chi connectivity index (χ4n) is 3.51. The zero-order valence-corrected chi connectivity index (χ0v) is 18.9. The third-order valence-electron chi connectivity index (χ3n) is 4.73. The lowest BCUT2D eigenvalue weighted by Crippen LogP contribution is -3.00. The van der Waals surface area contributed by atoms with E-state index in [1.807, 2.05) is 6.07 Å². The average Bonchev–Trinajstić information content (AvgIpc) is 3.04. The zero-order valence-electron chi connectivity index (χ0n) is 14.9. The minimum Gasteiger partial charge on any atom is -1.00 e. The summed E-state index contributed by atoms with van der Waals surface area (Å²) in [5, 5.41) is 4.04. The molecular weight excluding hydrogens is 446 g/mol. The third kappa shape index (κ3) is 4.15. The third-order valence-corrected chi connectivity index (χ3v) is 10.6. The van der Waals surface area contributed by atoms with Crippen molar-refractivity contribution in [3.05, 3.63) is 111 Å². The molecule has 1 heterocycles. The minimum absolute atomic E-state index is 0. The molecule has 0 amide bonds. The highest BCUT2D eigenvalue weighted by Crippen LogP contribution is 2.59. The van der Waals surface area contributed by atoms with Gasteiger partial charge in [0.05, 0.1) is 4.34 Å². The fraction of sp³-hybridized carbons (Fsp3) is 0.0435. The van der Waals surface area contributed by atoms with Crippen LogP contribution in [-0.2, 0) is 6.16 Å². The van der Waals surface area contributed by atoms with Gasteiger partial charge in [-0.3, -0.25) is 0 Å². The van der Waals surface area contributed by atoms with Crippen LogP contribution in [-0.4, -0.2) is 0 Å². The maximum Gasteiger partial charge on any atom is 0.116 e. The van der Waals surface area contributed by atoms with Crippen molar-refractivity contribution in [1.29, 1.82) is 0 Å². The molecule has 0 aliphatic carbocycles. The first-order valence-electron chi connectivity index (χ1n) is 8.69. The number of hydrogen-bond acceptors (Lipinski definition) is 1. The second kappa shape index (κ2) is 9.44. The maximum absolute atomic E-state index is 6.57. The van der Waals surface area contributed by atoms with Gasteiger partial charge in [0.2, 0.25) is 0 Å². The first kappa shape index (κ1) is 21.4. The van der Waals surface area contributed by atoms with Crippen molar-refractivity contribution in [3.8, 4) is 0 Å². The van der Waals surface area contributed by atoms with Crippen LogP contribution < -0.4 is 28.3 Å². The topological polar surface area (TPSA) is 0 Å². The van der Waals surface area contributed by atoms with E-state index in [1.165, 1.54) is 27.3 Å². The van der Waals surface area contributed by atoms with E-state index < -0.39 is 7.26 Å². The standard InChI is InChI=1S/C23H18Cl2PS.ClH/c24-22-16-18(23(25)27-22)17-26(19-10-4-1-5-11-19,20-12-6-2-7-13-20)21-14-8-3-9-15-21;/h1-16H,17H2;1H/q+1;/p-1. The smallest absolute Gasteiger partial charge is 0.116 e. The molecule has 0 spiro atoms. The Hall–Kier alpha value is -1.34. The fourth-order valence-corrected chi connectivity index (χ4v) is 9.44. The monoisotopic (exact) mass is 462 g/mol. The molecule has 0 aliphatic rings. The second-order valence-electron chi connectivity index (χ2n) is 6.32. The quantitative estimate of drug-likeness (QED) is 0.397. The van der Waals surface area contributed by atoms with E-state index >= 15 is 0 Å². The lowest BCUT2D eigenvalue weighted by atomic mass is 10.3. The molecule has 0 atom stereocenters. The molecule has 0 bridgehead atoms. The predicted molar refractivity (Wildman–Crippen MR) is 123 cm³/mol. The second-order valence-corrected chi connectivity index (χ2v) is 12.1. The van der Waals surface area contributed by atoms with Crippen LogP contribution in [0, 0.1) is 0 Å². The highest BCUT2D eigenvalue weighted by molar-refractivity contribution is 7.95. The average molecular weight is 464 g/mol. The highest BCUT2D eigenvalue weighted by Gasteiger charge is 2.46. The van der Waals surface area contributed by atoms with Gasteiger partial charge in [-0.1, -0.05) is 77.8 Å². The number of benzene rings is 3. The zero-order chi connectivity index (χ0) is 18.7. The Morgan fingerprint density at radius 1 is 0.643 bits per heavy atom. The van der Waals surface area contributed by atoms with Crippen molar-refractivity contribution in [2.24, 2.45) is 0 Å². The van der Waals surface area contributed by atoms with E-state index in [4.69, 9.17) is 23.2 Å². The van der Waals surface area contributed by atoms with Gasteiger partial charge in [-0.05, 0) is 42.5 Å². The van der Waals surface area contributed by atoms with Crippen LogP contribution in [0.15, 0.2) is 97.1 Å². The summed E-state index contributed by atoms with van der Waals surface area (Å²) < 4.78 is 1.52. The molecule has 4 aromatic rings. The van der Waals surface area contributed by atoms with Crippen LogP contribution in [0.4, 0.5) is 0 Å². The summed E-state index contributed by atoms with van der Waals surface area (Å²) in [7, 11) is -1.93. The van der Waals surface area contributed by atoms with Crippen LogP contribution >= 0.6 is 41.8 Å². The van der Waals surface area contributed by atoms with Crippen molar-refractivity contribution in [1.82, 2.24) is 0 Å². The van der Waals surface area contributed by atoms with Gasteiger partial charge in [0.15, 0.2) is 0 Å². The summed E-state index contributed by atoms with van der Waals surface area (Å²) in [6, 6.07) is 34.5. The van der Waals surface area contributed by atoms with Gasteiger partial charge in [-0.2, -0.15) is 0 Å². The number of halogens is 3. The van der Waals surface area contributed by atoms with Crippen molar-refractivity contribution in [3.63, 3.8) is 0 Å². The molecular formula is C23H18Cl3PS. The molecule has 0 N–H and O–H groups in total. The lowest BCUT2D eigenvalue weighted by molar-refractivity contribution is -0.00000496. The summed E-state index contributed by atoms with van der Waals surface area (Å²) in [4.78, 5) is 0. The van der Waals surface area contributed by atoms with Gasteiger partial charge in [-0.15, -0.1) is 11.3 Å². The van der Waals surface area contributed by atoms with Crippen molar-refractivity contribution in [2.75, 3.05) is 0 Å². The van der Waals surface area contributed by atoms with E-state index in [1.54, 1.807) is 0 Å². The van der Waals surface area contributed by atoms with Gasteiger partial charge >= 0.3 is 0 Å². The molecule has 0 saturated heterocycles. The maximum atomic E-state index is 6.57. The van der Waals surface area contributed by atoms with Crippen molar-refractivity contribution in [2.45, 2.75) is 6.16 Å². The van der Waals surface area contributed by atoms with Crippen LogP contribution in [0.2, 0.25) is 8.67 Å². The molecule has 0 radical (unpaired) electrons. The molecule has 0 aliphatic heterocycles. The summed E-state index contributed by atoms with van der Waals surface area (Å²) >= 11 is 14.3. The Balaban J connectivity index is 0.00000225. The molecule has 142 valence electrons. The van der Waals surface area contributed by atoms with E-state index in [2.05, 4.69) is 91.0 Å². The van der Waals surface area contributed by atoms with Crippen LogP contribution in [0.5, 0.6) is 0 Å². The van der Waals surface area contributed by atoms with Gasteiger partial charge in [0.1, 0.15) is 33.7 Å². The largest absolute Gasteiger partial charge is 1.00 e. The molecule has 0 fully saturated rings. The Morgan fingerprint density at radius 2 is 1.04 bits per heavy atom. The molecule has 4 rings (SSSR count). The van der Waals surface area contributed by atoms with E-state index in [9.17, 15) is 0 Å². The Kier molecular flexibility index (Phi) is 7.20. The van der Waals surface area contributed by atoms with Gasteiger partial charge in [-0.25, -0.2) is 0 Å². The van der Waals surface area contributed by atoms with E-state index in [-0.39, 0.29) is 12.4 Å². The molecule has 5 heteroatoms. The number of rotatable bonds is 5.